The van der Waals surface area contributed by atoms with Crippen LogP contribution >= 0.6 is 0 Å². The van der Waals surface area contributed by atoms with Crippen LogP contribution in [0.15, 0.2) is 48.6 Å². The fourth-order valence-corrected chi connectivity index (χ4v) is 6.75. The minimum atomic E-state index is -0.318. The van der Waals surface area contributed by atoms with Crippen LogP contribution in [-0.4, -0.2) is 43.0 Å². The normalized spacial score (nSPS) is 18.6. The maximum absolute atomic E-state index is 6.99. The number of allylic oxidation sites excluding steroid dienone is 8. The molecule has 0 aliphatic carbocycles. The van der Waals surface area contributed by atoms with Gasteiger partial charge in [-0.15, -0.1) is 0 Å². The smallest absolute Gasteiger partial charge is 0.169 e. The zero-order valence-electron chi connectivity index (χ0n) is 30.4. The molecule has 2 fully saturated rings. The van der Waals surface area contributed by atoms with E-state index in [0.29, 0.717) is 0 Å². The van der Waals surface area contributed by atoms with E-state index in [1.54, 1.807) is 0 Å². The summed E-state index contributed by atoms with van der Waals surface area (Å²) in [5, 5.41) is 0. The number of hydrogen-bond acceptors (Lipinski definition) is 3. The Balaban J connectivity index is 1.58. The van der Waals surface area contributed by atoms with Crippen LogP contribution in [0.5, 0.6) is 0 Å². The van der Waals surface area contributed by atoms with Crippen molar-refractivity contribution in [1.82, 2.24) is 4.90 Å². The van der Waals surface area contributed by atoms with Gasteiger partial charge in [-0.1, -0.05) is 140 Å². The zero-order valence-corrected chi connectivity index (χ0v) is 30.4. The Morgan fingerprint density at radius 2 is 0.911 bits per heavy atom. The molecular weight excluding hydrogens is 550 g/mol. The molecule has 3 nitrogen and oxygen atoms in total. The van der Waals surface area contributed by atoms with Crippen molar-refractivity contribution in [3.8, 4) is 0 Å². The van der Waals surface area contributed by atoms with E-state index in [4.69, 9.17) is 9.47 Å². The molecular formula is C42H75NO2. The van der Waals surface area contributed by atoms with Crippen molar-refractivity contribution in [3.63, 3.8) is 0 Å². The van der Waals surface area contributed by atoms with Gasteiger partial charge in [-0.05, 0) is 84.1 Å². The molecule has 0 aromatic heterocycles. The molecule has 0 unspecified atom stereocenters. The molecule has 0 amide bonds. The number of nitrogens with zero attached hydrogens (tertiary/aromatic N) is 1. The Bertz CT molecular complexity index is 743. The summed E-state index contributed by atoms with van der Waals surface area (Å²) in [5.74, 6) is -0.318. The first kappa shape index (κ1) is 40.0. The zero-order chi connectivity index (χ0) is 32.2. The first-order valence-corrected chi connectivity index (χ1v) is 19.8. The summed E-state index contributed by atoms with van der Waals surface area (Å²) < 4.78 is 13.6. The van der Waals surface area contributed by atoms with Crippen molar-refractivity contribution in [2.75, 3.05) is 26.7 Å². The third kappa shape index (κ3) is 20.0. The number of hydrogen-bond donors (Lipinski definition) is 0. The molecule has 0 aromatic rings. The largest absolute Gasteiger partial charge is 0.347 e. The minimum absolute atomic E-state index is 0.0237. The molecule has 0 N–H and O–H groups in total. The summed E-state index contributed by atoms with van der Waals surface area (Å²) in [4.78, 5) is 2.44. The highest BCUT2D eigenvalue weighted by molar-refractivity contribution is 4.95. The van der Waals surface area contributed by atoms with Gasteiger partial charge in [0.25, 0.3) is 0 Å². The molecule has 0 bridgehead atoms. The Kier molecular flexibility index (Phi) is 23.9. The third-order valence-corrected chi connectivity index (χ3v) is 9.92. The van der Waals surface area contributed by atoms with Gasteiger partial charge in [0.15, 0.2) is 5.79 Å². The summed E-state index contributed by atoms with van der Waals surface area (Å²) in [6, 6.07) is 0. The second kappa shape index (κ2) is 26.9. The highest BCUT2D eigenvalue weighted by atomic mass is 16.8. The van der Waals surface area contributed by atoms with E-state index in [1.807, 2.05) is 0 Å². The second-order valence-electron chi connectivity index (χ2n) is 14.2. The fraction of sp³-hybridized carbons (Fsp3) is 0.810. The van der Waals surface area contributed by atoms with Crippen molar-refractivity contribution < 1.29 is 9.47 Å². The van der Waals surface area contributed by atoms with Crippen LogP contribution in [0.1, 0.15) is 181 Å². The maximum atomic E-state index is 6.99. The van der Waals surface area contributed by atoms with E-state index in [9.17, 15) is 0 Å². The monoisotopic (exact) mass is 626 g/mol. The molecule has 2 aliphatic heterocycles. The van der Waals surface area contributed by atoms with Crippen LogP contribution in [0.4, 0.5) is 0 Å². The standard InChI is InChI=1S/C42H75NO2/c1-4-6-8-10-12-14-16-18-20-22-24-26-28-30-32-34-42(44-40-41(45-42)36-38-43(3)39-37-41)35-33-31-29-27-25-23-21-19-17-15-13-11-9-7-5-2/h10-13,16-19H,4-9,14-15,20-40H2,1-3H3/b12-10-,13-11-,18-16-,19-17-. The molecule has 0 saturated carbocycles. The number of ether oxygens (including phenoxy) is 2. The average molecular weight is 626 g/mol. The third-order valence-electron chi connectivity index (χ3n) is 9.92. The van der Waals surface area contributed by atoms with Gasteiger partial charge in [0.2, 0.25) is 0 Å². The summed E-state index contributed by atoms with van der Waals surface area (Å²) in [5.41, 5.74) is -0.0237. The van der Waals surface area contributed by atoms with Gasteiger partial charge in [0.1, 0.15) is 0 Å². The first-order chi connectivity index (χ1) is 22.1. The first-order valence-electron chi connectivity index (χ1n) is 19.8. The highest BCUT2D eigenvalue weighted by Crippen LogP contribution is 2.43. The molecule has 260 valence electrons. The maximum Gasteiger partial charge on any atom is 0.169 e. The van der Waals surface area contributed by atoms with Crippen molar-refractivity contribution in [3.05, 3.63) is 48.6 Å². The summed E-state index contributed by atoms with van der Waals surface area (Å²) in [7, 11) is 2.24. The molecule has 2 saturated heterocycles. The lowest BCUT2D eigenvalue weighted by Crippen LogP contribution is -2.46. The number of likely N-dealkylation sites (tertiary alicyclic amines) is 1. The molecule has 45 heavy (non-hydrogen) atoms. The Morgan fingerprint density at radius 3 is 1.36 bits per heavy atom. The van der Waals surface area contributed by atoms with Gasteiger partial charge in [0.05, 0.1) is 12.2 Å². The molecule has 1 spiro atoms. The topological polar surface area (TPSA) is 21.7 Å². The average Bonchev–Trinajstić information content (AvgIpc) is 3.40. The van der Waals surface area contributed by atoms with E-state index in [1.165, 1.54) is 128 Å². The van der Waals surface area contributed by atoms with E-state index < -0.39 is 0 Å². The van der Waals surface area contributed by atoms with Gasteiger partial charge in [-0.2, -0.15) is 0 Å². The van der Waals surface area contributed by atoms with Gasteiger partial charge >= 0.3 is 0 Å². The van der Waals surface area contributed by atoms with Crippen molar-refractivity contribution in [1.29, 1.82) is 0 Å². The molecule has 2 heterocycles. The van der Waals surface area contributed by atoms with Gasteiger partial charge in [-0.3, -0.25) is 0 Å². The van der Waals surface area contributed by atoms with E-state index >= 15 is 0 Å². The van der Waals surface area contributed by atoms with Crippen LogP contribution in [-0.2, 0) is 9.47 Å². The van der Waals surface area contributed by atoms with Gasteiger partial charge in [-0.25, -0.2) is 0 Å². The van der Waals surface area contributed by atoms with Crippen LogP contribution in [0.25, 0.3) is 0 Å². The Morgan fingerprint density at radius 1 is 0.511 bits per heavy atom. The van der Waals surface area contributed by atoms with Crippen LogP contribution in [0.3, 0.4) is 0 Å². The fourth-order valence-electron chi connectivity index (χ4n) is 6.75. The minimum Gasteiger partial charge on any atom is -0.347 e. The lowest BCUT2D eigenvalue weighted by Gasteiger charge is -2.38. The molecule has 2 rings (SSSR count). The lowest BCUT2D eigenvalue weighted by molar-refractivity contribution is -0.204. The van der Waals surface area contributed by atoms with Crippen molar-refractivity contribution >= 4 is 0 Å². The van der Waals surface area contributed by atoms with Crippen LogP contribution in [0.2, 0.25) is 0 Å². The SMILES string of the molecule is CCCC/C=C\C/C=C\CCCCCCCCC1(CCCCCCCC/C=C\C/C=C\CCCC)OCC2(CCN(C)CC2)O1. The molecule has 2 aliphatic rings. The molecule has 0 aromatic carbocycles. The quantitative estimate of drug-likeness (QED) is 0.0638. The van der Waals surface area contributed by atoms with Crippen molar-refractivity contribution in [2.24, 2.45) is 0 Å². The predicted molar refractivity (Wildman–Crippen MR) is 198 cm³/mol. The van der Waals surface area contributed by atoms with Crippen LogP contribution < -0.4 is 0 Å². The highest BCUT2D eigenvalue weighted by Gasteiger charge is 2.50. The lowest BCUT2D eigenvalue weighted by atomic mass is 9.92. The Hall–Kier alpha value is -1.16. The molecule has 0 atom stereocenters. The summed E-state index contributed by atoms with van der Waals surface area (Å²) >= 11 is 0. The Labute approximate surface area is 281 Å². The molecule has 0 radical (unpaired) electrons. The van der Waals surface area contributed by atoms with Crippen molar-refractivity contribution in [2.45, 2.75) is 192 Å². The summed E-state index contributed by atoms with van der Waals surface area (Å²) in [6.45, 7) is 7.59. The molecule has 3 heteroatoms. The number of unbranched alkanes of at least 4 members (excludes halogenated alkanes) is 16. The van der Waals surface area contributed by atoms with Crippen LogP contribution in [0, 0.1) is 0 Å². The predicted octanol–water partition coefficient (Wildman–Crippen LogP) is 12.8. The van der Waals surface area contributed by atoms with Gasteiger partial charge < -0.3 is 14.4 Å². The second-order valence-corrected chi connectivity index (χ2v) is 14.2. The van der Waals surface area contributed by atoms with E-state index in [0.717, 1.165) is 58.2 Å². The van der Waals surface area contributed by atoms with E-state index in [2.05, 4.69) is 74.4 Å². The summed E-state index contributed by atoms with van der Waals surface area (Å²) in [6.07, 6.45) is 51.4. The number of piperidine rings is 1. The van der Waals surface area contributed by atoms with Gasteiger partial charge in [0, 0.05) is 25.9 Å². The number of rotatable bonds is 28. The van der Waals surface area contributed by atoms with E-state index in [-0.39, 0.29) is 11.4 Å².